The van der Waals surface area contributed by atoms with Crippen molar-refractivity contribution in [3.8, 4) is 0 Å². The number of thioether (sulfide) groups is 1. The van der Waals surface area contributed by atoms with E-state index in [1.54, 1.807) is 0 Å². The fourth-order valence-corrected chi connectivity index (χ4v) is 3.54. The predicted octanol–water partition coefficient (Wildman–Crippen LogP) is 2.77. The molecule has 21 heavy (non-hydrogen) atoms. The van der Waals surface area contributed by atoms with Crippen molar-refractivity contribution in [1.29, 1.82) is 0 Å². The SMILES string of the molecule is CCNC(=O)[C@@H](C)Sc1nnc(NCc2ccccc2)s1. The van der Waals surface area contributed by atoms with E-state index in [9.17, 15) is 4.79 Å². The van der Waals surface area contributed by atoms with Gasteiger partial charge in [0.05, 0.1) is 5.25 Å². The van der Waals surface area contributed by atoms with E-state index in [0.717, 1.165) is 9.47 Å². The summed E-state index contributed by atoms with van der Waals surface area (Å²) in [7, 11) is 0. The van der Waals surface area contributed by atoms with E-state index in [2.05, 4.69) is 33.0 Å². The predicted molar refractivity (Wildman–Crippen MR) is 87.7 cm³/mol. The molecule has 1 aromatic heterocycles. The van der Waals surface area contributed by atoms with E-state index in [1.165, 1.54) is 28.7 Å². The summed E-state index contributed by atoms with van der Waals surface area (Å²) < 4.78 is 0.796. The molecule has 7 heteroatoms. The molecule has 112 valence electrons. The Morgan fingerprint density at radius 3 is 2.81 bits per heavy atom. The number of hydrogen-bond acceptors (Lipinski definition) is 6. The molecule has 1 aromatic carbocycles. The molecule has 2 aromatic rings. The van der Waals surface area contributed by atoms with Crippen LogP contribution in [0.3, 0.4) is 0 Å². The second kappa shape index (κ2) is 7.99. The number of nitrogens with one attached hydrogen (secondary N) is 2. The van der Waals surface area contributed by atoms with Crippen molar-refractivity contribution < 1.29 is 4.79 Å². The van der Waals surface area contributed by atoms with Crippen molar-refractivity contribution >= 4 is 34.1 Å². The molecule has 0 saturated carbocycles. The highest BCUT2D eigenvalue weighted by molar-refractivity contribution is 8.02. The summed E-state index contributed by atoms with van der Waals surface area (Å²) in [5.74, 6) is 0.0245. The van der Waals surface area contributed by atoms with E-state index in [1.807, 2.05) is 32.0 Å². The lowest BCUT2D eigenvalue weighted by molar-refractivity contribution is -0.120. The van der Waals surface area contributed by atoms with Gasteiger partial charge in [0.15, 0.2) is 4.34 Å². The average molecular weight is 322 g/mol. The van der Waals surface area contributed by atoms with Gasteiger partial charge in [0.1, 0.15) is 0 Å². The topological polar surface area (TPSA) is 66.9 Å². The Morgan fingerprint density at radius 1 is 1.33 bits per heavy atom. The quantitative estimate of drug-likeness (QED) is 0.767. The number of hydrogen-bond donors (Lipinski definition) is 2. The van der Waals surface area contributed by atoms with Crippen LogP contribution in [0.4, 0.5) is 5.13 Å². The summed E-state index contributed by atoms with van der Waals surface area (Å²) in [6, 6.07) is 10.1. The third kappa shape index (κ3) is 5.02. The largest absolute Gasteiger partial charge is 0.356 e. The zero-order valence-electron chi connectivity index (χ0n) is 12.0. The van der Waals surface area contributed by atoms with Crippen LogP contribution in [0.25, 0.3) is 0 Å². The summed E-state index contributed by atoms with van der Waals surface area (Å²) in [6.45, 7) is 5.13. The van der Waals surface area contributed by atoms with Crippen LogP contribution in [0.5, 0.6) is 0 Å². The molecule has 0 bridgehead atoms. The van der Waals surface area contributed by atoms with Crippen molar-refractivity contribution in [2.45, 2.75) is 30.0 Å². The molecule has 0 aliphatic heterocycles. The molecule has 0 radical (unpaired) electrons. The van der Waals surface area contributed by atoms with Gasteiger partial charge in [0.25, 0.3) is 0 Å². The fraction of sp³-hybridized carbons (Fsp3) is 0.357. The number of aromatic nitrogens is 2. The van der Waals surface area contributed by atoms with Crippen molar-refractivity contribution in [2.24, 2.45) is 0 Å². The molecule has 5 nitrogen and oxygen atoms in total. The first-order valence-electron chi connectivity index (χ1n) is 6.74. The number of carbonyl (C=O) groups excluding carboxylic acids is 1. The monoisotopic (exact) mass is 322 g/mol. The second-order valence-electron chi connectivity index (χ2n) is 4.37. The third-order valence-corrected chi connectivity index (χ3v) is 4.76. The van der Waals surface area contributed by atoms with Crippen LogP contribution in [0.2, 0.25) is 0 Å². The normalized spacial score (nSPS) is 11.9. The van der Waals surface area contributed by atoms with Crippen LogP contribution < -0.4 is 10.6 Å². The summed E-state index contributed by atoms with van der Waals surface area (Å²) in [5, 5.41) is 14.8. The summed E-state index contributed by atoms with van der Waals surface area (Å²) in [5.41, 5.74) is 1.19. The number of nitrogens with zero attached hydrogens (tertiary/aromatic N) is 2. The van der Waals surface area contributed by atoms with Crippen molar-refractivity contribution in [3.05, 3.63) is 35.9 Å². The Balaban J connectivity index is 1.85. The van der Waals surface area contributed by atoms with Gasteiger partial charge in [-0.05, 0) is 19.4 Å². The molecule has 0 aliphatic carbocycles. The Labute approximate surface area is 132 Å². The van der Waals surface area contributed by atoms with Gasteiger partial charge in [-0.25, -0.2) is 0 Å². The molecule has 1 heterocycles. The number of amides is 1. The molecule has 0 fully saturated rings. The van der Waals surface area contributed by atoms with Gasteiger partial charge < -0.3 is 10.6 Å². The maximum atomic E-state index is 11.7. The van der Waals surface area contributed by atoms with Gasteiger partial charge >= 0.3 is 0 Å². The highest BCUT2D eigenvalue weighted by Gasteiger charge is 2.16. The van der Waals surface area contributed by atoms with Gasteiger partial charge in [0.2, 0.25) is 11.0 Å². The molecular weight excluding hydrogens is 304 g/mol. The molecular formula is C14H18N4OS2. The molecule has 0 saturated heterocycles. The van der Waals surface area contributed by atoms with Crippen LogP contribution in [-0.4, -0.2) is 27.9 Å². The van der Waals surface area contributed by atoms with E-state index in [0.29, 0.717) is 13.1 Å². The summed E-state index contributed by atoms with van der Waals surface area (Å²) in [4.78, 5) is 11.7. The van der Waals surface area contributed by atoms with Crippen molar-refractivity contribution in [2.75, 3.05) is 11.9 Å². The van der Waals surface area contributed by atoms with Crippen molar-refractivity contribution in [1.82, 2.24) is 15.5 Å². The molecule has 2 N–H and O–H groups in total. The minimum absolute atomic E-state index is 0.0245. The molecule has 1 atom stereocenters. The van der Waals surface area contributed by atoms with Crippen LogP contribution in [0.1, 0.15) is 19.4 Å². The molecule has 0 aliphatic rings. The molecule has 1 amide bonds. The minimum Gasteiger partial charge on any atom is -0.356 e. The fourth-order valence-electron chi connectivity index (χ4n) is 1.63. The lowest BCUT2D eigenvalue weighted by atomic mass is 10.2. The lowest BCUT2D eigenvalue weighted by Crippen LogP contribution is -2.30. The highest BCUT2D eigenvalue weighted by Crippen LogP contribution is 2.29. The Bertz CT molecular complexity index is 573. The van der Waals surface area contributed by atoms with Crippen LogP contribution in [0, 0.1) is 0 Å². The second-order valence-corrected chi connectivity index (χ2v) is 6.93. The molecule has 0 unspecified atom stereocenters. The Kier molecular flexibility index (Phi) is 6.01. The highest BCUT2D eigenvalue weighted by atomic mass is 32.2. The number of anilines is 1. The maximum Gasteiger partial charge on any atom is 0.233 e. The summed E-state index contributed by atoms with van der Waals surface area (Å²) in [6.07, 6.45) is 0. The Hall–Kier alpha value is -1.60. The van der Waals surface area contributed by atoms with Gasteiger partial charge in [-0.15, -0.1) is 10.2 Å². The maximum absolute atomic E-state index is 11.7. The average Bonchev–Trinajstić information content (AvgIpc) is 2.94. The van der Waals surface area contributed by atoms with Crippen molar-refractivity contribution in [3.63, 3.8) is 0 Å². The number of rotatable bonds is 7. The first kappa shape index (κ1) is 15.8. The number of carbonyl (C=O) groups is 1. The molecule has 0 spiro atoms. The van der Waals surface area contributed by atoms with E-state index in [-0.39, 0.29) is 11.2 Å². The van der Waals surface area contributed by atoms with E-state index in [4.69, 9.17) is 0 Å². The van der Waals surface area contributed by atoms with Crippen LogP contribution in [-0.2, 0) is 11.3 Å². The lowest BCUT2D eigenvalue weighted by Gasteiger charge is -2.07. The van der Waals surface area contributed by atoms with Gasteiger partial charge in [0, 0.05) is 13.1 Å². The Morgan fingerprint density at radius 2 is 2.10 bits per heavy atom. The smallest absolute Gasteiger partial charge is 0.233 e. The molecule has 2 rings (SSSR count). The zero-order valence-corrected chi connectivity index (χ0v) is 13.6. The van der Waals surface area contributed by atoms with E-state index < -0.39 is 0 Å². The van der Waals surface area contributed by atoms with Crippen LogP contribution >= 0.6 is 23.1 Å². The summed E-state index contributed by atoms with van der Waals surface area (Å²) >= 11 is 2.89. The first-order valence-corrected chi connectivity index (χ1v) is 8.44. The number of benzene rings is 1. The first-order chi connectivity index (χ1) is 10.2. The van der Waals surface area contributed by atoms with Crippen LogP contribution in [0.15, 0.2) is 34.7 Å². The third-order valence-electron chi connectivity index (χ3n) is 2.69. The minimum atomic E-state index is -0.167. The zero-order chi connectivity index (χ0) is 15.1. The standard InChI is InChI=1S/C14H18N4OS2/c1-3-15-12(19)10(2)20-14-18-17-13(21-14)16-9-11-7-5-4-6-8-11/h4-8,10H,3,9H2,1-2H3,(H,15,19)(H,16,17)/t10-/m1/s1. The van der Waals surface area contributed by atoms with Gasteiger partial charge in [-0.2, -0.15) is 0 Å². The van der Waals surface area contributed by atoms with E-state index >= 15 is 0 Å². The van der Waals surface area contributed by atoms with Gasteiger partial charge in [-0.3, -0.25) is 4.79 Å². The van der Waals surface area contributed by atoms with Gasteiger partial charge in [-0.1, -0.05) is 53.4 Å².